The Kier molecular flexibility index (Phi) is 3.05. The lowest BCUT2D eigenvalue weighted by Gasteiger charge is -2.08. The first-order valence-electron chi connectivity index (χ1n) is 5.19. The fourth-order valence-corrected chi connectivity index (χ4v) is 1.69. The molecule has 4 heteroatoms. The number of anilines is 1. The van der Waals surface area contributed by atoms with Gasteiger partial charge in [-0.05, 0) is 11.6 Å². The van der Waals surface area contributed by atoms with E-state index in [1.807, 2.05) is 30.3 Å². The summed E-state index contributed by atoms with van der Waals surface area (Å²) < 4.78 is 0. The number of carboxylic acids is 1. The van der Waals surface area contributed by atoms with Crippen molar-refractivity contribution in [3.63, 3.8) is 0 Å². The summed E-state index contributed by atoms with van der Waals surface area (Å²) in [6.07, 6.45) is 1.88. The first-order valence-corrected chi connectivity index (χ1v) is 5.19. The molecule has 0 fully saturated rings. The Hall–Kier alpha value is -2.36. The lowest BCUT2D eigenvalue weighted by molar-refractivity contribution is 0.0696. The Labute approximate surface area is 98.7 Å². The number of hydrogen-bond donors (Lipinski definition) is 2. The van der Waals surface area contributed by atoms with Gasteiger partial charge >= 0.3 is 5.97 Å². The second-order valence-corrected chi connectivity index (χ2v) is 3.69. The quantitative estimate of drug-likeness (QED) is 0.841. The van der Waals surface area contributed by atoms with Gasteiger partial charge in [-0.2, -0.15) is 0 Å². The molecule has 2 aromatic rings. The van der Waals surface area contributed by atoms with Gasteiger partial charge in [0.05, 0.1) is 5.56 Å². The topological polar surface area (TPSA) is 76.2 Å². The molecular weight excluding hydrogens is 216 g/mol. The van der Waals surface area contributed by atoms with Gasteiger partial charge in [0.2, 0.25) is 0 Å². The largest absolute Gasteiger partial charge is 0.478 e. The third kappa shape index (κ3) is 2.42. The van der Waals surface area contributed by atoms with Crippen molar-refractivity contribution >= 4 is 11.8 Å². The standard InChI is InChI=1S/C13H12N2O2/c14-12-11(8-9-4-2-1-3-5-9)10(13(16)17)6-7-15-12/h1-7H,8H2,(H2,14,15)(H,16,17). The van der Waals surface area contributed by atoms with Crippen molar-refractivity contribution in [3.8, 4) is 0 Å². The van der Waals surface area contributed by atoms with Crippen LogP contribution in [0, 0.1) is 0 Å². The normalized spacial score (nSPS) is 10.1. The van der Waals surface area contributed by atoms with Crippen molar-refractivity contribution in [2.75, 3.05) is 5.73 Å². The van der Waals surface area contributed by atoms with Crippen LogP contribution in [0.15, 0.2) is 42.6 Å². The number of benzene rings is 1. The average Bonchev–Trinajstić information content (AvgIpc) is 2.33. The van der Waals surface area contributed by atoms with Gasteiger partial charge in [-0.25, -0.2) is 9.78 Å². The van der Waals surface area contributed by atoms with Crippen molar-refractivity contribution in [3.05, 3.63) is 59.3 Å². The molecule has 0 amide bonds. The van der Waals surface area contributed by atoms with Crippen LogP contribution in [0.5, 0.6) is 0 Å². The van der Waals surface area contributed by atoms with Crippen LogP contribution in [0.4, 0.5) is 5.82 Å². The Bertz CT molecular complexity index is 538. The number of nitrogens with two attached hydrogens (primary N) is 1. The summed E-state index contributed by atoms with van der Waals surface area (Å²) in [6.45, 7) is 0. The number of rotatable bonds is 3. The van der Waals surface area contributed by atoms with Crippen molar-refractivity contribution in [1.29, 1.82) is 0 Å². The van der Waals surface area contributed by atoms with Gasteiger partial charge in [0.15, 0.2) is 0 Å². The Morgan fingerprint density at radius 2 is 1.94 bits per heavy atom. The van der Waals surface area contributed by atoms with E-state index in [-0.39, 0.29) is 11.4 Å². The summed E-state index contributed by atoms with van der Waals surface area (Å²) >= 11 is 0. The van der Waals surface area contributed by atoms with Crippen LogP contribution in [-0.2, 0) is 6.42 Å². The van der Waals surface area contributed by atoms with Gasteiger partial charge in [0, 0.05) is 18.2 Å². The van der Waals surface area contributed by atoms with E-state index < -0.39 is 5.97 Å². The van der Waals surface area contributed by atoms with E-state index in [1.54, 1.807) is 0 Å². The van der Waals surface area contributed by atoms with Crippen molar-refractivity contribution in [2.24, 2.45) is 0 Å². The van der Waals surface area contributed by atoms with Gasteiger partial charge in [-0.15, -0.1) is 0 Å². The molecule has 0 saturated heterocycles. The molecule has 1 aromatic carbocycles. The number of pyridine rings is 1. The van der Waals surface area contributed by atoms with E-state index in [0.29, 0.717) is 12.0 Å². The molecular formula is C13H12N2O2. The fraction of sp³-hybridized carbons (Fsp3) is 0.0769. The molecule has 0 saturated carbocycles. The van der Waals surface area contributed by atoms with Crippen LogP contribution >= 0.6 is 0 Å². The molecule has 0 radical (unpaired) electrons. The van der Waals surface area contributed by atoms with E-state index in [1.165, 1.54) is 12.3 Å². The summed E-state index contributed by atoms with van der Waals surface area (Å²) in [5, 5.41) is 9.08. The molecule has 0 aliphatic heterocycles. The van der Waals surface area contributed by atoms with Crippen LogP contribution < -0.4 is 5.73 Å². The van der Waals surface area contributed by atoms with Crippen LogP contribution in [0.2, 0.25) is 0 Å². The molecule has 17 heavy (non-hydrogen) atoms. The molecule has 2 rings (SSSR count). The minimum absolute atomic E-state index is 0.210. The maximum absolute atomic E-state index is 11.1. The zero-order valence-corrected chi connectivity index (χ0v) is 9.13. The van der Waals surface area contributed by atoms with Gasteiger partial charge < -0.3 is 10.8 Å². The molecule has 0 spiro atoms. The Morgan fingerprint density at radius 3 is 2.59 bits per heavy atom. The van der Waals surface area contributed by atoms with Crippen LogP contribution in [0.3, 0.4) is 0 Å². The Balaban J connectivity index is 2.41. The maximum Gasteiger partial charge on any atom is 0.336 e. The smallest absolute Gasteiger partial charge is 0.336 e. The lowest BCUT2D eigenvalue weighted by atomic mass is 10.0. The molecule has 0 aliphatic rings. The third-order valence-electron chi connectivity index (χ3n) is 2.54. The summed E-state index contributed by atoms with van der Waals surface area (Å²) in [6, 6.07) is 11.0. The summed E-state index contributed by atoms with van der Waals surface area (Å²) in [5.74, 6) is -0.709. The van der Waals surface area contributed by atoms with E-state index >= 15 is 0 Å². The second-order valence-electron chi connectivity index (χ2n) is 3.69. The number of aromatic nitrogens is 1. The van der Waals surface area contributed by atoms with E-state index in [0.717, 1.165) is 5.56 Å². The first-order chi connectivity index (χ1) is 8.18. The SMILES string of the molecule is Nc1nccc(C(=O)O)c1Cc1ccccc1. The first kappa shape index (κ1) is 11.1. The monoisotopic (exact) mass is 228 g/mol. The maximum atomic E-state index is 11.1. The van der Waals surface area contributed by atoms with E-state index in [2.05, 4.69) is 4.98 Å². The number of nitrogens with zero attached hydrogens (tertiary/aromatic N) is 1. The number of nitrogen functional groups attached to an aromatic ring is 1. The van der Waals surface area contributed by atoms with Gasteiger partial charge in [-0.1, -0.05) is 30.3 Å². The molecule has 4 nitrogen and oxygen atoms in total. The summed E-state index contributed by atoms with van der Waals surface area (Å²) in [7, 11) is 0. The highest BCUT2D eigenvalue weighted by Crippen LogP contribution is 2.18. The molecule has 3 N–H and O–H groups in total. The minimum Gasteiger partial charge on any atom is -0.478 e. The highest BCUT2D eigenvalue weighted by atomic mass is 16.4. The van der Waals surface area contributed by atoms with Crippen LogP contribution in [0.25, 0.3) is 0 Å². The zero-order valence-electron chi connectivity index (χ0n) is 9.13. The van der Waals surface area contributed by atoms with Gasteiger partial charge in [0.25, 0.3) is 0 Å². The van der Waals surface area contributed by atoms with E-state index in [9.17, 15) is 4.79 Å². The molecule has 0 unspecified atom stereocenters. The molecule has 1 heterocycles. The summed E-state index contributed by atoms with van der Waals surface area (Å²) in [4.78, 5) is 15.0. The minimum atomic E-state index is -0.981. The molecule has 0 aliphatic carbocycles. The molecule has 1 aromatic heterocycles. The average molecular weight is 228 g/mol. The van der Waals surface area contributed by atoms with Gasteiger partial charge in [0.1, 0.15) is 5.82 Å². The number of hydrogen-bond acceptors (Lipinski definition) is 3. The van der Waals surface area contributed by atoms with Crippen molar-refractivity contribution in [2.45, 2.75) is 6.42 Å². The highest BCUT2D eigenvalue weighted by Gasteiger charge is 2.13. The molecule has 0 atom stereocenters. The van der Waals surface area contributed by atoms with E-state index in [4.69, 9.17) is 10.8 Å². The fourth-order valence-electron chi connectivity index (χ4n) is 1.69. The highest BCUT2D eigenvalue weighted by molar-refractivity contribution is 5.90. The summed E-state index contributed by atoms with van der Waals surface area (Å²) in [5.41, 5.74) is 7.51. The third-order valence-corrected chi connectivity index (χ3v) is 2.54. The molecule has 0 bridgehead atoms. The predicted octanol–water partition coefficient (Wildman–Crippen LogP) is 1.95. The van der Waals surface area contributed by atoms with Crippen molar-refractivity contribution in [1.82, 2.24) is 4.98 Å². The van der Waals surface area contributed by atoms with Crippen LogP contribution in [0.1, 0.15) is 21.5 Å². The van der Waals surface area contributed by atoms with Crippen LogP contribution in [-0.4, -0.2) is 16.1 Å². The number of aromatic carboxylic acids is 1. The van der Waals surface area contributed by atoms with Crippen molar-refractivity contribution < 1.29 is 9.90 Å². The number of carboxylic acid groups (broad SMARTS) is 1. The van der Waals surface area contributed by atoms with Gasteiger partial charge in [-0.3, -0.25) is 0 Å². The Morgan fingerprint density at radius 1 is 1.24 bits per heavy atom. The second kappa shape index (κ2) is 4.65. The number of carbonyl (C=O) groups is 1. The zero-order chi connectivity index (χ0) is 12.3. The lowest BCUT2D eigenvalue weighted by Crippen LogP contribution is -2.08. The molecule has 86 valence electrons. The predicted molar refractivity (Wildman–Crippen MR) is 64.9 cm³/mol.